The van der Waals surface area contributed by atoms with Gasteiger partial charge < -0.3 is 15.8 Å². The quantitative estimate of drug-likeness (QED) is 0.716. The lowest BCUT2D eigenvalue weighted by Crippen LogP contribution is -2.28. The number of rotatable bonds is 7. The molecule has 0 heterocycles. The Morgan fingerprint density at radius 2 is 2.00 bits per heavy atom. The van der Waals surface area contributed by atoms with Crippen LogP contribution in [0, 0.1) is 11.3 Å². The second kappa shape index (κ2) is 7.06. The average Bonchev–Trinajstić information content (AvgIpc) is 2.88. The van der Waals surface area contributed by atoms with Crippen LogP contribution in [0.5, 0.6) is 5.75 Å². The third-order valence-electron chi connectivity index (χ3n) is 4.49. The predicted molar refractivity (Wildman–Crippen MR) is 90.9 cm³/mol. The van der Waals surface area contributed by atoms with Gasteiger partial charge >= 0.3 is 0 Å². The van der Waals surface area contributed by atoms with Gasteiger partial charge in [0, 0.05) is 18.3 Å². The Balaban J connectivity index is 2.02. The molecule has 1 saturated carbocycles. The number of benzene rings is 1. The fourth-order valence-electron chi connectivity index (χ4n) is 3.66. The summed E-state index contributed by atoms with van der Waals surface area (Å²) < 4.78 is 5.57. The SMILES string of the molecule is CCOc1cc(NCC2(CC(C)C)CCCC2)ccc1N. The van der Waals surface area contributed by atoms with E-state index in [-0.39, 0.29) is 0 Å². The van der Waals surface area contributed by atoms with Gasteiger partial charge in [-0.2, -0.15) is 0 Å². The summed E-state index contributed by atoms with van der Waals surface area (Å²) >= 11 is 0. The van der Waals surface area contributed by atoms with Crippen LogP contribution in [-0.2, 0) is 0 Å². The number of anilines is 2. The summed E-state index contributed by atoms with van der Waals surface area (Å²) in [6.45, 7) is 8.34. The van der Waals surface area contributed by atoms with Gasteiger partial charge in [-0.15, -0.1) is 0 Å². The van der Waals surface area contributed by atoms with E-state index in [1.54, 1.807) is 0 Å². The van der Waals surface area contributed by atoms with Gasteiger partial charge in [-0.25, -0.2) is 0 Å². The van der Waals surface area contributed by atoms with Crippen molar-refractivity contribution in [1.82, 2.24) is 0 Å². The van der Waals surface area contributed by atoms with Gasteiger partial charge in [0.05, 0.1) is 12.3 Å². The van der Waals surface area contributed by atoms with Crippen molar-refractivity contribution in [1.29, 1.82) is 0 Å². The minimum atomic E-state index is 0.474. The minimum absolute atomic E-state index is 0.474. The molecule has 1 aromatic rings. The van der Waals surface area contributed by atoms with Crippen LogP contribution in [-0.4, -0.2) is 13.2 Å². The number of hydrogen-bond acceptors (Lipinski definition) is 3. The molecule has 1 fully saturated rings. The Bertz CT molecular complexity index is 451. The molecule has 0 aliphatic heterocycles. The Kier molecular flexibility index (Phi) is 5.38. The van der Waals surface area contributed by atoms with Crippen molar-refractivity contribution < 1.29 is 4.74 Å². The van der Waals surface area contributed by atoms with Gasteiger partial charge in [0.15, 0.2) is 0 Å². The molecule has 0 atom stereocenters. The molecule has 118 valence electrons. The summed E-state index contributed by atoms with van der Waals surface area (Å²) in [5.74, 6) is 1.54. The molecule has 1 aromatic carbocycles. The number of nitrogen functional groups attached to an aromatic ring is 1. The van der Waals surface area contributed by atoms with E-state index in [1.165, 1.54) is 32.1 Å². The smallest absolute Gasteiger partial charge is 0.144 e. The summed E-state index contributed by atoms with van der Waals surface area (Å²) in [6.07, 6.45) is 6.77. The van der Waals surface area contributed by atoms with E-state index in [2.05, 4.69) is 25.2 Å². The Labute approximate surface area is 129 Å². The molecule has 3 heteroatoms. The van der Waals surface area contributed by atoms with E-state index in [9.17, 15) is 0 Å². The lowest BCUT2D eigenvalue weighted by atomic mass is 9.78. The molecule has 0 saturated heterocycles. The standard InChI is InChI=1S/C18H30N2O/c1-4-21-17-11-15(7-8-16(17)19)20-13-18(12-14(2)3)9-5-6-10-18/h7-8,11,14,20H,4-6,9-10,12-13,19H2,1-3H3. The highest BCUT2D eigenvalue weighted by atomic mass is 16.5. The number of nitrogens with two attached hydrogens (primary N) is 1. The molecule has 1 aliphatic carbocycles. The maximum atomic E-state index is 5.93. The molecule has 0 unspecified atom stereocenters. The second-order valence-corrected chi connectivity index (χ2v) is 6.84. The second-order valence-electron chi connectivity index (χ2n) is 6.84. The van der Waals surface area contributed by atoms with Crippen LogP contribution in [0.3, 0.4) is 0 Å². The lowest BCUT2D eigenvalue weighted by molar-refractivity contribution is 0.252. The highest BCUT2D eigenvalue weighted by Crippen LogP contribution is 2.43. The largest absolute Gasteiger partial charge is 0.492 e. The van der Waals surface area contributed by atoms with Crippen LogP contribution in [0.4, 0.5) is 11.4 Å². The Morgan fingerprint density at radius 1 is 1.29 bits per heavy atom. The zero-order valence-electron chi connectivity index (χ0n) is 13.7. The summed E-state index contributed by atoms with van der Waals surface area (Å²) in [6, 6.07) is 6.00. The van der Waals surface area contributed by atoms with Crippen LogP contribution in [0.2, 0.25) is 0 Å². The summed E-state index contributed by atoms with van der Waals surface area (Å²) in [4.78, 5) is 0. The summed E-state index contributed by atoms with van der Waals surface area (Å²) in [5.41, 5.74) is 8.23. The Morgan fingerprint density at radius 3 is 2.62 bits per heavy atom. The van der Waals surface area contributed by atoms with Crippen molar-refractivity contribution in [2.45, 2.75) is 52.9 Å². The van der Waals surface area contributed by atoms with Crippen LogP contribution in [0.1, 0.15) is 52.9 Å². The lowest BCUT2D eigenvalue weighted by Gasteiger charge is -2.31. The van der Waals surface area contributed by atoms with E-state index in [0.717, 1.165) is 23.9 Å². The van der Waals surface area contributed by atoms with Crippen molar-refractivity contribution in [3.05, 3.63) is 18.2 Å². The highest BCUT2D eigenvalue weighted by Gasteiger charge is 2.34. The van der Waals surface area contributed by atoms with Gasteiger partial charge in [0.1, 0.15) is 5.75 Å². The van der Waals surface area contributed by atoms with Gasteiger partial charge in [0.2, 0.25) is 0 Å². The zero-order chi connectivity index (χ0) is 15.3. The van der Waals surface area contributed by atoms with Gasteiger partial charge in [-0.3, -0.25) is 0 Å². The van der Waals surface area contributed by atoms with Crippen LogP contribution < -0.4 is 15.8 Å². The molecule has 0 radical (unpaired) electrons. The predicted octanol–water partition coefficient (Wildman–Crippen LogP) is 4.69. The topological polar surface area (TPSA) is 47.3 Å². The van der Waals surface area contributed by atoms with Crippen molar-refractivity contribution >= 4 is 11.4 Å². The number of hydrogen-bond donors (Lipinski definition) is 2. The minimum Gasteiger partial charge on any atom is -0.492 e. The first kappa shape index (κ1) is 16.0. The maximum absolute atomic E-state index is 5.93. The van der Waals surface area contributed by atoms with Gasteiger partial charge in [-0.05, 0) is 49.7 Å². The molecule has 2 rings (SSSR count). The van der Waals surface area contributed by atoms with Crippen molar-refractivity contribution in [3.8, 4) is 5.75 Å². The van der Waals surface area contributed by atoms with Crippen molar-refractivity contribution in [2.75, 3.05) is 24.2 Å². The molecular formula is C18H30N2O. The van der Waals surface area contributed by atoms with E-state index in [1.807, 2.05) is 19.1 Å². The summed E-state index contributed by atoms with van der Waals surface area (Å²) in [7, 11) is 0. The highest BCUT2D eigenvalue weighted by molar-refractivity contribution is 5.61. The van der Waals surface area contributed by atoms with E-state index < -0.39 is 0 Å². The molecule has 0 spiro atoms. The third kappa shape index (κ3) is 4.29. The van der Waals surface area contributed by atoms with E-state index in [4.69, 9.17) is 10.5 Å². The molecule has 0 amide bonds. The van der Waals surface area contributed by atoms with Gasteiger partial charge in [0.25, 0.3) is 0 Å². The first-order valence-corrected chi connectivity index (χ1v) is 8.31. The first-order chi connectivity index (χ1) is 10.0. The fourth-order valence-corrected chi connectivity index (χ4v) is 3.66. The molecule has 3 nitrogen and oxygen atoms in total. The van der Waals surface area contributed by atoms with Crippen molar-refractivity contribution in [2.24, 2.45) is 11.3 Å². The third-order valence-corrected chi connectivity index (χ3v) is 4.49. The zero-order valence-corrected chi connectivity index (χ0v) is 13.7. The number of ether oxygens (including phenoxy) is 1. The maximum Gasteiger partial charge on any atom is 0.144 e. The molecular weight excluding hydrogens is 260 g/mol. The fraction of sp³-hybridized carbons (Fsp3) is 0.667. The van der Waals surface area contributed by atoms with Crippen LogP contribution in [0.25, 0.3) is 0 Å². The molecule has 21 heavy (non-hydrogen) atoms. The monoisotopic (exact) mass is 290 g/mol. The molecule has 3 N–H and O–H groups in total. The molecule has 0 bridgehead atoms. The number of nitrogens with one attached hydrogen (secondary N) is 1. The van der Waals surface area contributed by atoms with E-state index >= 15 is 0 Å². The van der Waals surface area contributed by atoms with Crippen LogP contribution in [0.15, 0.2) is 18.2 Å². The first-order valence-electron chi connectivity index (χ1n) is 8.31. The summed E-state index contributed by atoms with van der Waals surface area (Å²) in [5, 5.41) is 3.62. The molecule has 0 aromatic heterocycles. The average molecular weight is 290 g/mol. The normalized spacial score (nSPS) is 17.1. The molecule has 1 aliphatic rings. The van der Waals surface area contributed by atoms with Crippen LogP contribution >= 0.6 is 0 Å². The van der Waals surface area contributed by atoms with Gasteiger partial charge in [-0.1, -0.05) is 26.7 Å². The van der Waals surface area contributed by atoms with E-state index in [0.29, 0.717) is 17.7 Å². The van der Waals surface area contributed by atoms with Crippen molar-refractivity contribution in [3.63, 3.8) is 0 Å². The Hall–Kier alpha value is -1.38.